The summed E-state index contributed by atoms with van der Waals surface area (Å²) in [6, 6.07) is 4.53. The van der Waals surface area contributed by atoms with E-state index in [1.165, 1.54) is 45.1 Å². The third-order valence-electron chi connectivity index (χ3n) is 5.10. The average Bonchev–Trinajstić information content (AvgIpc) is 3.23. The Kier molecular flexibility index (Phi) is 3.41. The predicted octanol–water partition coefficient (Wildman–Crippen LogP) is 1.90. The Bertz CT molecular complexity index is 709. The van der Waals surface area contributed by atoms with Crippen molar-refractivity contribution in [2.24, 2.45) is 0 Å². The molecule has 6 heteroatoms. The first-order valence-corrected chi connectivity index (χ1v) is 7.88. The molecule has 2 aliphatic rings. The zero-order chi connectivity index (χ0) is 15.9. The number of hydrogen-bond acceptors (Lipinski definition) is 6. The molecule has 23 heavy (non-hydrogen) atoms. The van der Waals surface area contributed by atoms with Gasteiger partial charge in [-0.15, -0.1) is 0 Å². The van der Waals surface area contributed by atoms with Crippen LogP contribution in [0.3, 0.4) is 0 Å². The summed E-state index contributed by atoms with van der Waals surface area (Å²) in [5, 5.41) is 0. The highest BCUT2D eigenvalue weighted by Gasteiger charge is 2.44. The molecule has 0 spiro atoms. The molecule has 2 bridgehead atoms. The number of nitrogens with zero attached hydrogens (tertiary/aromatic N) is 4. The number of fused-ring (bicyclic) bond motifs is 2. The molecule has 0 atom stereocenters. The highest BCUT2D eigenvalue weighted by molar-refractivity contribution is 5.64. The first-order chi connectivity index (χ1) is 11.2. The van der Waals surface area contributed by atoms with Gasteiger partial charge in [-0.05, 0) is 37.6 Å². The number of pyridine rings is 1. The van der Waals surface area contributed by atoms with Crippen LogP contribution in [0.25, 0.3) is 11.3 Å². The lowest BCUT2D eigenvalue weighted by Crippen LogP contribution is -2.24. The van der Waals surface area contributed by atoms with Crippen molar-refractivity contribution in [1.29, 1.82) is 0 Å². The van der Waals surface area contributed by atoms with Gasteiger partial charge in [0.1, 0.15) is 0 Å². The maximum Gasteiger partial charge on any atom is 0.319 e. The molecule has 0 radical (unpaired) electrons. The quantitative estimate of drug-likeness (QED) is 0.859. The van der Waals surface area contributed by atoms with Crippen LogP contribution in [0.4, 0.5) is 0 Å². The Morgan fingerprint density at radius 2 is 1.87 bits per heavy atom. The maximum absolute atomic E-state index is 5.34. The number of piperidine rings is 1. The molecule has 2 saturated heterocycles. The van der Waals surface area contributed by atoms with Gasteiger partial charge in [-0.3, -0.25) is 4.98 Å². The van der Waals surface area contributed by atoms with Crippen molar-refractivity contribution in [3.8, 4) is 23.1 Å². The van der Waals surface area contributed by atoms with Gasteiger partial charge >= 0.3 is 6.01 Å². The van der Waals surface area contributed by atoms with Crippen LogP contribution in [0, 0.1) is 0 Å². The van der Waals surface area contributed by atoms with Crippen molar-refractivity contribution in [3.63, 3.8) is 0 Å². The molecular weight excluding hydrogens is 292 g/mol. The molecule has 2 aliphatic heterocycles. The summed E-state index contributed by atoms with van der Waals surface area (Å²) in [4.78, 5) is 15.6. The molecule has 4 rings (SSSR count). The van der Waals surface area contributed by atoms with Crippen LogP contribution in [0.2, 0.25) is 0 Å². The van der Waals surface area contributed by atoms with Crippen LogP contribution >= 0.6 is 0 Å². The fourth-order valence-corrected chi connectivity index (χ4v) is 3.75. The zero-order valence-corrected chi connectivity index (χ0v) is 13.5. The summed E-state index contributed by atoms with van der Waals surface area (Å²) in [5.74, 6) is 0.475. The molecule has 4 heterocycles. The second-order valence-electron chi connectivity index (χ2n) is 6.27. The van der Waals surface area contributed by atoms with Crippen LogP contribution in [-0.4, -0.2) is 53.7 Å². The topological polar surface area (TPSA) is 60.4 Å². The zero-order valence-electron chi connectivity index (χ0n) is 13.5. The number of methoxy groups -OCH3 is 2. The Morgan fingerprint density at radius 3 is 2.43 bits per heavy atom. The van der Waals surface area contributed by atoms with E-state index in [0.29, 0.717) is 11.3 Å². The van der Waals surface area contributed by atoms with E-state index in [1.807, 2.05) is 12.3 Å². The maximum atomic E-state index is 5.34. The summed E-state index contributed by atoms with van der Waals surface area (Å²) < 4.78 is 10.4. The van der Waals surface area contributed by atoms with Gasteiger partial charge in [0.15, 0.2) is 0 Å². The van der Waals surface area contributed by atoms with Gasteiger partial charge in [0.2, 0.25) is 5.88 Å². The van der Waals surface area contributed by atoms with Crippen molar-refractivity contribution >= 4 is 0 Å². The van der Waals surface area contributed by atoms with Crippen molar-refractivity contribution in [2.75, 3.05) is 33.9 Å². The van der Waals surface area contributed by atoms with Gasteiger partial charge in [-0.1, -0.05) is 6.07 Å². The second-order valence-corrected chi connectivity index (χ2v) is 6.27. The van der Waals surface area contributed by atoms with Crippen LogP contribution < -0.4 is 9.47 Å². The largest absolute Gasteiger partial charge is 0.480 e. The van der Waals surface area contributed by atoms with Crippen molar-refractivity contribution in [2.45, 2.75) is 18.3 Å². The minimum Gasteiger partial charge on any atom is -0.480 e. The minimum atomic E-state index is 0.290. The van der Waals surface area contributed by atoms with E-state index in [4.69, 9.17) is 9.47 Å². The molecule has 2 fully saturated rings. The summed E-state index contributed by atoms with van der Waals surface area (Å²) in [5.41, 5.74) is 3.25. The Hall–Kier alpha value is -2.21. The molecule has 6 nitrogen and oxygen atoms in total. The molecule has 0 N–H and O–H groups in total. The van der Waals surface area contributed by atoms with Crippen molar-refractivity contribution in [1.82, 2.24) is 19.9 Å². The standard InChI is InChI=1S/C17H20N4O2/c1-22-15-13(10-19-16(20-15)23-2)14-4-3-12(9-18-14)17-5-7-21(11-17)8-6-17/h3-4,9-10H,5-8,11H2,1-2H3. The van der Waals surface area contributed by atoms with E-state index in [9.17, 15) is 0 Å². The number of aromatic nitrogens is 3. The average molecular weight is 312 g/mol. The van der Waals surface area contributed by atoms with Gasteiger partial charge in [0, 0.05) is 24.4 Å². The third-order valence-corrected chi connectivity index (χ3v) is 5.10. The highest BCUT2D eigenvalue weighted by Crippen LogP contribution is 2.43. The van der Waals surface area contributed by atoms with E-state index in [2.05, 4.69) is 25.9 Å². The normalized spacial score (nSPS) is 25.6. The van der Waals surface area contributed by atoms with Crippen molar-refractivity contribution < 1.29 is 9.47 Å². The molecule has 0 saturated carbocycles. The lowest BCUT2D eigenvalue weighted by molar-refractivity contribution is 0.353. The molecule has 0 unspecified atom stereocenters. The molecule has 0 aliphatic carbocycles. The van der Waals surface area contributed by atoms with E-state index in [0.717, 1.165) is 11.3 Å². The van der Waals surface area contributed by atoms with E-state index in [1.54, 1.807) is 13.3 Å². The molecule has 0 aromatic carbocycles. The lowest BCUT2D eigenvalue weighted by atomic mass is 9.78. The van der Waals surface area contributed by atoms with Gasteiger partial charge < -0.3 is 14.4 Å². The van der Waals surface area contributed by atoms with Crippen LogP contribution in [0.5, 0.6) is 11.9 Å². The number of ether oxygens (including phenoxy) is 2. The predicted molar refractivity (Wildman–Crippen MR) is 85.7 cm³/mol. The molecule has 0 amide bonds. The fourth-order valence-electron chi connectivity index (χ4n) is 3.75. The minimum absolute atomic E-state index is 0.290. The van der Waals surface area contributed by atoms with Gasteiger partial charge in [-0.25, -0.2) is 4.98 Å². The first kappa shape index (κ1) is 14.4. The van der Waals surface area contributed by atoms with Gasteiger partial charge in [-0.2, -0.15) is 4.98 Å². The Labute approximate surface area is 135 Å². The number of rotatable bonds is 4. The summed E-state index contributed by atoms with van der Waals surface area (Å²) in [6.07, 6.45) is 6.18. The molecule has 120 valence electrons. The first-order valence-electron chi connectivity index (χ1n) is 7.88. The molecular formula is C17H20N4O2. The fraction of sp³-hybridized carbons (Fsp3) is 0.471. The van der Waals surface area contributed by atoms with Crippen LogP contribution in [0.1, 0.15) is 18.4 Å². The monoisotopic (exact) mass is 312 g/mol. The van der Waals surface area contributed by atoms with E-state index in [-0.39, 0.29) is 6.01 Å². The third kappa shape index (κ3) is 2.34. The SMILES string of the molecule is COc1ncc(-c2ccc(C34CCN(CC3)C4)cn2)c(OC)n1. The van der Waals surface area contributed by atoms with E-state index < -0.39 is 0 Å². The summed E-state index contributed by atoms with van der Waals surface area (Å²) >= 11 is 0. The summed E-state index contributed by atoms with van der Waals surface area (Å²) in [6.45, 7) is 3.59. The van der Waals surface area contributed by atoms with Gasteiger partial charge in [0.25, 0.3) is 0 Å². The lowest BCUT2D eigenvalue weighted by Gasteiger charge is -2.25. The van der Waals surface area contributed by atoms with Crippen LogP contribution in [-0.2, 0) is 5.41 Å². The summed E-state index contributed by atoms with van der Waals surface area (Å²) in [7, 11) is 3.12. The molecule has 2 aromatic rings. The van der Waals surface area contributed by atoms with Crippen molar-refractivity contribution in [3.05, 3.63) is 30.1 Å². The highest BCUT2D eigenvalue weighted by atomic mass is 16.5. The second kappa shape index (κ2) is 5.45. The van der Waals surface area contributed by atoms with Crippen LogP contribution in [0.15, 0.2) is 24.5 Å². The van der Waals surface area contributed by atoms with E-state index >= 15 is 0 Å². The Balaban J connectivity index is 1.66. The Morgan fingerprint density at radius 1 is 1.04 bits per heavy atom. The van der Waals surface area contributed by atoms with Gasteiger partial charge in [0.05, 0.1) is 25.5 Å². The molecule has 2 aromatic heterocycles. The number of hydrogen-bond donors (Lipinski definition) is 0. The smallest absolute Gasteiger partial charge is 0.319 e.